The lowest BCUT2D eigenvalue weighted by molar-refractivity contribution is 0.0950. The highest BCUT2D eigenvalue weighted by molar-refractivity contribution is 7.89. The summed E-state index contributed by atoms with van der Waals surface area (Å²) in [6.45, 7) is 2.19. The van der Waals surface area contributed by atoms with Crippen molar-refractivity contribution in [3.8, 4) is 5.82 Å². The Labute approximate surface area is 192 Å². The Morgan fingerprint density at radius 3 is 2.48 bits per heavy atom. The van der Waals surface area contributed by atoms with Crippen molar-refractivity contribution in [3.05, 3.63) is 108 Å². The number of nitrogens with one attached hydrogen (secondary N) is 2. The highest BCUT2D eigenvalue weighted by Gasteiger charge is 2.18. The molecular formula is C24H23N5O3S. The van der Waals surface area contributed by atoms with Gasteiger partial charge in [-0.2, -0.15) is 5.10 Å². The van der Waals surface area contributed by atoms with E-state index in [-0.39, 0.29) is 23.9 Å². The maximum absolute atomic E-state index is 12.8. The lowest BCUT2D eigenvalue weighted by Gasteiger charge is -2.11. The molecule has 0 radical (unpaired) electrons. The zero-order valence-electron chi connectivity index (χ0n) is 18.0. The molecule has 0 saturated heterocycles. The van der Waals surface area contributed by atoms with Crippen LogP contribution >= 0.6 is 0 Å². The second kappa shape index (κ2) is 9.76. The Balaban J connectivity index is 1.43. The van der Waals surface area contributed by atoms with Crippen LogP contribution in [0.15, 0.2) is 90.2 Å². The van der Waals surface area contributed by atoms with Crippen molar-refractivity contribution in [1.29, 1.82) is 0 Å². The topological polar surface area (TPSA) is 106 Å². The third kappa shape index (κ3) is 5.51. The number of carbonyl (C=O) groups excluding carboxylic acids is 1. The predicted molar refractivity (Wildman–Crippen MR) is 124 cm³/mol. The SMILES string of the molecule is Cc1ccc(S(=O)(=O)NCc2ccccc2)cc1C(=O)NCc1ccc(-n2cccn2)nc1. The number of aryl methyl sites for hydroxylation is 1. The van der Waals surface area contributed by atoms with Gasteiger partial charge in [-0.3, -0.25) is 4.79 Å². The van der Waals surface area contributed by atoms with Gasteiger partial charge < -0.3 is 5.32 Å². The van der Waals surface area contributed by atoms with Gasteiger partial charge in [0.25, 0.3) is 5.91 Å². The van der Waals surface area contributed by atoms with E-state index in [1.165, 1.54) is 12.1 Å². The van der Waals surface area contributed by atoms with E-state index in [9.17, 15) is 13.2 Å². The summed E-state index contributed by atoms with van der Waals surface area (Å²) < 4.78 is 29.7. The summed E-state index contributed by atoms with van der Waals surface area (Å²) in [5.74, 6) is 0.315. The molecule has 0 unspecified atom stereocenters. The van der Waals surface area contributed by atoms with Crippen LogP contribution in [0.5, 0.6) is 0 Å². The van der Waals surface area contributed by atoms with Crippen LogP contribution in [0, 0.1) is 6.92 Å². The standard InChI is InChI=1S/C24H23N5O3S/c1-18-8-10-21(33(31,32)28-17-19-6-3-2-4-7-19)14-22(18)24(30)26-16-20-9-11-23(25-15-20)29-13-5-12-27-29/h2-15,28H,16-17H2,1H3,(H,26,30). The first-order valence-electron chi connectivity index (χ1n) is 10.3. The first-order valence-corrected chi connectivity index (χ1v) is 11.8. The molecule has 8 nitrogen and oxygen atoms in total. The molecular weight excluding hydrogens is 438 g/mol. The number of hydrogen-bond donors (Lipinski definition) is 2. The van der Waals surface area contributed by atoms with Gasteiger partial charge in [-0.05, 0) is 47.9 Å². The van der Waals surface area contributed by atoms with Crippen LogP contribution in [-0.4, -0.2) is 29.1 Å². The van der Waals surface area contributed by atoms with Crippen molar-refractivity contribution in [2.24, 2.45) is 0 Å². The van der Waals surface area contributed by atoms with Crippen LogP contribution in [0.1, 0.15) is 27.0 Å². The van der Waals surface area contributed by atoms with Gasteiger partial charge in [0.05, 0.1) is 4.90 Å². The fourth-order valence-electron chi connectivity index (χ4n) is 3.21. The fourth-order valence-corrected chi connectivity index (χ4v) is 4.25. The first-order chi connectivity index (χ1) is 15.9. The van der Waals surface area contributed by atoms with Crippen LogP contribution in [0.4, 0.5) is 0 Å². The van der Waals surface area contributed by atoms with Crippen molar-refractivity contribution < 1.29 is 13.2 Å². The number of benzene rings is 2. The van der Waals surface area contributed by atoms with Crippen molar-refractivity contribution in [2.45, 2.75) is 24.9 Å². The largest absolute Gasteiger partial charge is 0.348 e. The molecule has 0 aliphatic rings. The lowest BCUT2D eigenvalue weighted by atomic mass is 10.1. The number of amides is 1. The van der Waals surface area contributed by atoms with Gasteiger partial charge in [0.2, 0.25) is 10.0 Å². The van der Waals surface area contributed by atoms with Gasteiger partial charge in [0.1, 0.15) is 0 Å². The number of hydrogen-bond acceptors (Lipinski definition) is 5. The van der Waals surface area contributed by atoms with E-state index < -0.39 is 10.0 Å². The van der Waals surface area contributed by atoms with E-state index in [2.05, 4.69) is 20.1 Å². The molecule has 0 saturated carbocycles. The summed E-state index contributed by atoms with van der Waals surface area (Å²) in [5, 5.41) is 6.96. The van der Waals surface area contributed by atoms with Gasteiger partial charge in [-0.15, -0.1) is 0 Å². The number of aromatic nitrogens is 3. The summed E-state index contributed by atoms with van der Waals surface area (Å²) >= 11 is 0. The Kier molecular flexibility index (Phi) is 6.62. The smallest absolute Gasteiger partial charge is 0.251 e. The number of sulfonamides is 1. The van der Waals surface area contributed by atoms with E-state index >= 15 is 0 Å². The highest BCUT2D eigenvalue weighted by Crippen LogP contribution is 2.16. The zero-order valence-corrected chi connectivity index (χ0v) is 18.8. The molecule has 0 atom stereocenters. The van der Waals surface area contributed by atoms with E-state index in [0.29, 0.717) is 16.9 Å². The van der Waals surface area contributed by atoms with Crippen molar-refractivity contribution in [3.63, 3.8) is 0 Å². The number of carbonyl (C=O) groups is 1. The van der Waals surface area contributed by atoms with Gasteiger partial charge >= 0.3 is 0 Å². The summed E-state index contributed by atoms with van der Waals surface area (Å²) in [6.07, 6.45) is 5.13. The van der Waals surface area contributed by atoms with Gasteiger partial charge in [0, 0.05) is 37.2 Å². The van der Waals surface area contributed by atoms with Crippen molar-refractivity contribution in [1.82, 2.24) is 24.8 Å². The summed E-state index contributed by atoms with van der Waals surface area (Å²) in [5.41, 5.74) is 2.64. The third-order valence-corrected chi connectivity index (χ3v) is 6.47. The average Bonchev–Trinajstić information content (AvgIpc) is 3.37. The highest BCUT2D eigenvalue weighted by atomic mass is 32.2. The molecule has 4 rings (SSSR count). The Morgan fingerprint density at radius 1 is 0.970 bits per heavy atom. The molecule has 2 heterocycles. The second-order valence-electron chi connectivity index (χ2n) is 7.44. The van der Waals surface area contributed by atoms with E-state index in [4.69, 9.17) is 0 Å². The molecule has 33 heavy (non-hydrogen) atoms. The minimum Gasteiger partial charge on any atom is -0.348 e. The average molecular weight is 462 g/mol. The second-order valence-corrected chi connectivity index (χ2v) is 9.21. The van der Waals surface area contributed by atoms with Gasteiger partial charge in [0.15, 0.2) is 5.82 Å². The molecule has 0 spiro atoms. The van der Waals surface area contributed by atoms with Crippen molar-refractivity contribution in [2.75, 3.05) is 0 Å². The third-order valence-electron chi connectivity index (χ3n) is 5.07. The maximum atomic E-state index is 12.8. The summed E-state index contributed by atoms with van der Waals surface area (Å²) in [7, 11) is -3.77. The first kappa shape index (κ1) is 22.4. The summed E-state index contributed by atoms with van der Waals surface area (Å²) in [6, 6.07) is 19.2. The molecule has 0 bridgehead atoms. The molecule has 1 amide bonds. The number of pyridine rings is 1. The van der Waals surface area contributed by atoms with Crippen molar-refractivity contribution >= 4 is 15.9 Å². The maximum Gasteiger partial charge on any atom is 0.251 e. The normalized spacial score (nSPS) is 11.3. The molecule has 0 aliphatic carbocycles. The van der Waals surface area contributed by atoms with E-state index in [1.807, 2.05) is 48.5 Å². The fraction of sp³-hybridized carbons (Fsp3) is 0.125. The molecule has 0 fully saturated rings. The molecule has 2 aromatic heterocycles. The van der Waals surface area contributed by atoms with Crippen LogP contribution < -0.4 is 10.0 Å². The Morgan fingerprint density at radius 2 is 1.79 bits per heavy atom. The Bertz CT molecular complexity index is 1340. The number of rotatable bonds is 8. The quantitative estimate of drug-likeness (QED) is 0.420. The lowest BCUT2D eigenvalue weighted by Crippen LogP contribution is -2.26. The minimum absolute atomic E-state index is 0.0411. The predicted octanol–water partition coefficient (Wildman–Crippen LogP) is 2.98. The van der Waals surface area contributed by atoms with Crippen LogP contribution in [0.2, 0.25) is 0 Å². The molecule has 2 aromatic carbocycles. The monoisotopic (exact) mass is 461 g/mol. The van der Waals surface area contributed by atoms with Crippen LogP contribution in [0.25, 0.3) is 5.82 Å². The van der Waals surface area contributed by atoms with Crippen LogP contribution in [-0.2, 0) is 23.1 Å². The van der Waals surface area contributed by atoms with E-state index in [0.717, 1.165) is 11.1 Å². The van der Waals surface area contributed by atoms with Crippen LogP contribution in [0.3, 0.4) is 0 Å². The Hall–Kier alpha value is -3.82. The molecule has 9 heteroatoms. The zero-order chi connectivity index (χ0) is 23.3. The minimum atomic E-state index is -3.77. The van der Waals surface area contributed by atoms with E-state index in [1.54, 1.807) is 36.3 Å². The van der Waals surface area contributed by atoms with Gasteiger partial charge in [-0.25, -0.2) is 22.8 Å². The molecule has 4 aromatic rings. The summed E-state index contributed by atoms with van der Waals surface area (Å²) in [4.78, 5) is 17.2. The molecule has 0 aliphatic heterocycles. The molecule has 168 valence electrons. The van der Waals surface area contributed by atoms with Gasteiger partial charge in [-0.1, -0.05) is 42.5 Å². The molecule has 2 N–H and O–H groups in total. The number of nitrogens with zero attached hydrogens (tertiary/aromatic N) is 3.